The van der Waals surface area contributed by atoms with E-state index < -0.39 is 6.04 Å². The van der Waals surface area contributed by atoms with Gasteiger partial charge in [-0.15, -0.1) is 11.3 Å². The lowest BCUT2D eigenvalue weighted by Gasteiger charge is -2.12. The van der Waals surface area contributed by atoms with Gasteiger partial charge in [-0.05, 0) is 30.0 Å². The molecule has 1 unspecified atom stereocenters. The largest absolute Gasteiger partial charge is 0.324 e. The SMILES string of the molecule is Cc1cnccc1NC(=O)C(N)c1cccs1. The molecular weight excluding hydrogens is 234 g/mol. The molecule has 0 aliphatic rings. The molecule has 0 aliphatic heterocycles. The van der Waals surface area contributed by atoms with Gasteiger partial charge in [0.05, 0.1) is 0 Å². The van der Waals surface area contributed by atoms with Crippen LogP contribution in [0.25, 0.3) is 0 Å². The van der Waals surface area contributed by atoms with E-state index in [2.05, 4.69) is 10.3 Å². The number of rotatable bonds is 3. The fraction of sp³-hybridized carbons (Fsp3) is 0.167. The van der Waals surface area contributed by atoms with Crippen molar-refractivity contribution in [3.8, 4) is 0 Å². The summed E-state index contributed by atoms with van der Waals surface area (Å²) in [4.78, 5) is 16.7. The predicted molar refractivity (Wildman–Crippen MR) is 68.9 cm³/mol. The third-order valence-corrected chi connectivity index (χ3v) is 3.37. The number of anilines is 1. The number of hydrogen-bond donors (Lipinski definition) is 2. The third-order valence-electron chi connectivity index (χ3n) is 2.41. The van der Waals surface area contributed by atoms with Crippen LogP contribution in [0.2, 0.25) is 0 Å². The number of nitrogens with two attached hydrogens (primary N) is 1. The van der Waals surface area contributed by atoms with E-state index in [4.69, 9.17) is 5.73 Å². The van der Waals surface area contributed by atoms with E-state index in [-0.39, 0.29) is 5.91 Å². The zero-order valence-electron chi connectivity index (χ0n) is 9.38. The monoisotopic (exact) mass is 247 g/mol. The Kier molecular flexibility index (Phi) is 3.51. The Balaban J connectivity index is 2.10. The molecule has 0 bridgehead atoms. The Morgan fingerprint density at radius 1 is 1.53 bits per heavy atom. The number of carbonyl (C=O) groups excluding carboxylic acids is 1. The van der Waals surface area contributed by atoms with Crippen molar-refractivity contribution in [1.82, 2.24) is 4.98 Å². The molecule has 2 aromatic rings. The summed E-state index contributed by atoms with van der Waals surface area (Å²) in [5.74, 6) is -0.207. The quantitative estimate of drug-likeness (QED) is 0.872. The molecule has 0 aliphatic carbocycles. The first kappa shape index (κ1) is 11.8. The average molecular weight is 247 g/mol. The van der Waals surface area contributed by atoms with Crippen LogP contribution in [0.15, 0.2) is 36.0 Å². The zero-order chi connectivity index (χ0) is 12.3. The number of aromatic nitrogens is 1. The molecule has 1 atom stereocenters. The molecule has 1 amide bonds. The first-order valence-corrected chi connectivity index (χ1v) is 6.07. The average Bonchev–Trinajstić information content (AvgIpc) is 2.84. The van der Waals surface area contributed by atoms with Gasteiger partial charge in [-0.25, -0.2) is 0 Å². The molecule has 5 heteroatoms. The summed E-state index contributed by atoms with van der Waals surface area (Å²) in [6.07, 6.45) is 3.34. The van der Waals surface area contributed by atoms with Crippen LogP contribution >= 0.6 is 11.3 Å². The van der Waals surface area contributed by atoms with E-state index in [1.165, 1.54) is 11.3 Å². The van der Waals surface area contributed by atoms with Crippen LogP contribution in [0.4, 0.5) is 5.69 Å². The topological polar surface area (TPSA) is 68.0 Å². The number of nitrogens with zero attached hydrogens (tertiary/aromatic N) is 1. The third kappa shape index (κ3) is 2.69. The number of pyridine rings is 1. The molecule has 0 aromatic carbocycles. The number of hydrogen-bond acceptors (Lipinski definition) is 4. The fourth-order valence-electron chi connectivity index (χ4n) is 1.42. The molecule has 2 rings (SSSR count). The number of amides is 1. The van der Waals surface area contributed by atoms with Gasteiger partial charge in [-0.1, -0.05) is 6.07 Å². The van der Waals surface area contributed by atoms with E-state index in [9.17, 15) is 4.79 Å². The Morgan fingerprint density at radius 3 is 3.00 bits per heavy atom. The summed E-state index contributed by atoms with van der Waals surface area (Å²) in [5.41, 5.74) is 7.53. The molecule has 0 saturated heterocycles. The number of nitrogens with one attached hydrogen (secondary N) is 1. The maximum Gasteiger partial charge on any atom is 0.246 e. The van der Waals surface area contributed by atoms with Crippen LogP contribution in [-0.2, 0) is 4.79 Å². The second-order valence-electron chi connectivity index (χ2n) is 3.67. The van der Waals surface area contributed by atoms with Crippen molar-refractivity contribution in [2.24, 2.45) is 5.73 Å². The van der Waals surface area contributed by atoms with Crippen LogP contribution in [-0.4, -0.2) is 10.9 Å². The first-order valence-electron chi connectivity index (χ1n) is 5.19. The van der Waals surface area contributed by atoms with Crippen molar-refractivity contribution in [2.75, 3.05) is 5.32 Å². The molecular formula is C12H13N3OS. The maximum atomic E-state index is 11.9. The zero-order valence-corrected chi connectivity index (χ0v) is 10.2. The Morgan fingerprint density at radius 2 is 2.35 bits per heavy atom. The van der Waals surface area contributed by atoms with Gasteiger partial charge in [0.15, 0.2) is 0 Å². The molecule has 0 fully saturated rings. The minimum absolute atomic E-state index is 0.207. The Hall–Kier alpha value is -1.72. The highest BCUT2D eigenvalue weighted by Gasteiger charge is 2.17. The lowest BCUT2D eigenvalue weighted by molar-refractivity contribution is -0.117. The number of aryl methyl sites for hydroxylation is 1. The van der Waals surface area contributed by atoms with Gasteiger partial charge in [-0.3, -0.25) is 9.78 Å². The summed E-state index contributed by atoms with van der Waals surface area (Å²) < 4.78 is 0. The van der Waals surface area contributed by atoms with Crippen molar-refractivity contribution < 1.29 is 4.79 Å². The highest BCUT2D eigenvalue weighted by atomic mass is 32.1. The highest BCUT2D eigenvalue weighted by molar-refractivity contribution is 7.10. The normalized spacial score (nSPS) is 12.1. The summed E-state index contributed by atoms with van der Waals surface area (Å²) in [6, 6.07) is 4.87. The second-order valence-corrected chi connectivity index (χ2v) is 4.65. The molecule has 0 radical (unpaired) electrons. The number of thiophene rings is 1. The smallest absolute Gasteiger partial charge is 0.246 e. The van der Waals surface area contributed by atoms with E-state index >= 15 is 0 Å². The Bertz CT molecular complexity index is 510. The number of carbonyl (C=O) groups is 1. The molecule has 3 N–H and O–H groups in total. The molecule has 0 spiro atoms. The summed E-state index contributed by atoms with van der Waals surface area (Å²) in [6.45, 7) is 1.89. The van der Waals surface area contributed by atoms with Gasteiger partial charge in [0.1, 0.15) is 6.04 Å². The second kappa shape index (κ2) is 5.07. The standard InChI is InChI=1S/C12H13N3OS/c1-8-7-14-5-4-9(8)15-12(16)11(13)10-3-2-6-17-10/h2-7,11H,13H2,1H3,(H,14,15,16). The van der Waals surface area contributed by atoms with Crippen LogP contribution in [0.1, 0.15) is 16.5 Å². The molecule has 0 saturated carbocycles. The van der Waals surface area contributed by atoms with Gasteiger partial charge in [-0.2, -0.15) is 0 Å². The summed E-state index contributed by atoms with van der Waals surface area (Å²) >= 11 is 1.48. The van der Waals surface area contributed by atoms with Gasteiger partial charge in [0.25, 0.3) is 0 Å². The van der Waals surface area contributed by atoms with Crippen molar-refractivity contribution in [1.29, 1.82) is 0 Å². The molecule has 17 heavy (non-hydrogen) atoms. The van der Waals surface area contributed by atoms with Crippen LogP contribution < -0.4 is 11.1 Å². The van der Waals surface area contributed by atoms with Gasteiger partial charge in [0.2, 0.25) is 5.91 Å². The predicted octanol–water partition coefficient (Wildman–Crippen LogP) is 2.09. The summed E-state index contributed by atoms with van der Waals surface area (Å²) in [7, 11) is 0. The van der Waals surface area contributed by atoms with E-state index in [1.807, 2.05) is 24.4 Å². The van der Waals surface area contributed by atoms with E-state index in [0.29, 0.717) is 0 Å². The van der Waals surface area contributed by atoms with E-state index in [0.717, 1.165) is 16.1 Å². The highest BCUT2D eigenvalue weighted by Crippen LogP contribution is 2.19. The minimum Gasteiger partial charge on any atom is -0.324 e. The van der Waals surface area contributed by atoms with Gasteiger partial charge in [0, 0.05) is 23.0 Å². The molecule has 88 valence electrons. The van der Waals surface area contributed by atoms with Gasteiger partial charge >= 0.3 is 0 Å². The molecule has 2 aromatic heterocycles. The minimum atomic E-state index is -0.623. The molecule has 4 nitrogen and oxygen atoms in total. The van der Waals surface area contributed by atoms with Gasteiger partial charge < -0.3 is 11.1 Å². The van der Waals surface area contributed by atoms with Crippen molar-refractivity contribution in [2.45, 2.75) is 13.0 Å². The Labute approximate surface area is 103 Å². The van der Waals surface area contributed by atoms with Crippen LogP contribution in [0, 0.1) is 6.92 Å². The summed E-state index contributed by atoms with van der Waals surface area (Å²) in [5, 5.41) is 4.70. The molecule has 2 heterocycles. The lowest BCUT2D eigenvalue weighted by atomic mass is 10.2. The van der Waals surface area contributed by atoms with Crippen molar-refractivity contribution in [3.05, 3.63) is 46.4 Å². The van der Waals surface area contributed by atoms with Crippen LogP contribution in [0.5, 0.6) is 0 Å². The van der Waals surface area contributed by atoms with Crippen molar-refractivity contribution >= 4 is 22.9 Å². The van der Waals surface area contributed by atoms with Crippen molar-refractivity contribution in [3.63, 3.8) is 0 Å². The maximum absolute atomic E-state index is 11.9. The van der Waals surface area contributed by atoms with Crippen LogP contribution in [0.3, 0.4) is 0 Å². The first-order chi connectivity index (χ1) is 8.18. The van der Waals surface area contributed by atoms with E-state index in [1.54, 1.807) is 18.5 Å². The fourth-order valence-corrected chi connectivity index (χ4v) is 2.15. The lowest BCUT2D eigenvalue weighted by Crippen LogP contribution is -2.27.